The van der Waals surface area contributed by atoms with Gasteiger partial charge < -0.3 is 4.90 Å². The molecule has 0 aromatic heterocycles. The minimum atomic E-state index is -0.554. The Morgan fingerprint density at radius 2 is 1.88 bits per heavy atom. The van der Waals surface area contributed by atoms with Crippen molar-refractivity contribution < 1.29 is 9.85 Å². The third-order valence-electron chi connectivity index (χ3n) is 3.36. The van der Waals surface area contributed by atoms with Crippen LogP contribution >= 0.6 is 11.6 Å². The molecule has 0 fully saturated rings. The van der Waals surface area contributed by atoms with Crippen molar-refractivity contribution in [1.29, 1.82) is 5.26 Å². The van der Waals surface area contributed by atoms with Gasteiger partial charge in [0.05, 0.1) is 21.5 Å². The summed E-state index contributed by atoms with van der Waals surface area (Å²) in [6, 6.07) is 9.93. The van der Waals surface area contributed by atoms with Crippen molar-refractivity contribution in [2.75, 3.05) is 11.9 Å². The van der Waals surface area contributed by atoms with Crippen LogP contribution in [-0.2, 0) is 6.54 Å². The lowest BCUT2D eigenvalue weighted by atomic mass is 10.1. The Morgan fingerprint density at radius 3 is 2.46 bits per heavy atom. The molecule has 0 aliphatic heterocycles. The van der Waals surface area contributed by atoms with Gasteiger partial charge in [0, 0.05) is 36.8 Å². The number of benzene rings is 2. The highest BCUT2D eigenvalue weighted by molar-refractivity contribution is 6.31. The predicted molar refractivity (Wildman–Crippen MR) is 88.0 cm³/mol. The molecule has 0 spiro atoms. The van der Waals surface area contributed by atoms with Crippen molar-refractivity contribution in [2.24, 2.45) is 0 Å². The van der Waals surface area contributed by atoms with Gasteiger partial charge in [0.15, 0.2) is 0 Å². The van der Waals surface area contributed by atoms with Crippen LogP contribution < -0.4 is 4.90 Å². The number of nitrogens with zero attached hydrogens (tertiary/aromatic N) is 4. The van der Waals surface area contributed by atoms with Gasteiger partial charge >= 0.3 is 0 Å². The van der Waals surface area contributed by atoms with Crippen LogP contribution in [0.4, 0.5) is 17.1 Å². The van der Waals surface area contributed by atoms with Gasteiger partial charge in [0.1, 0.15) is 5.69 Å². The second kappa shape index (κ2) is 6.93. The van der Waals surface area contributed by atoms with E-state index in [-0.39, 0.29) is 29.2 Å². The van der Waals surface area contributed by atoms with Crippen LogP contribution in [0.1, 0.15) is 11.1 Å². The van der Waals surface area contributed by atoms with Crippen LogP contribution in [0.5, 0.6) is 0 Å². The Labute approximate surface area is 141 Å². The van der Waals surface area contributed by atoms with E-state index in [9.17, 15) is 20.2 Å². The minimum Gasteiger partial charge on any atom is -0.365 e. The molecule has 2 aromatic rings. The highest BCUT2D eigenvalue weighted by atomic mass is 35.5. The van der Waals surface area contributed by atoms with Crippen LogP contribution in [0, 0.1) is 31.6 Å². The maximum Gasteiger partial charge on any atom is 0.292 e. The Morgan fingerprint density at radius 1 is 1.17 bits per heavy atom. The number of rotatable bonds is 5. The van der Waals surface area contributed by atoms with Crippen LogP contribution in [0.2, 0.25) is 5.02 Å². The van der Waals surface area contributed by atoms with E-state index in [1.54, 1.807) is 7.05 Å². The second-order valence-corrected chi connectivity index (χ2v) is 5.37. The van der Waals surface area contributed by atoms with E-state index in [1.165, 1.54) is 41.3 Å². The molecule has 8 nitrogen and oxygen atoms in total. The lowest BCUT2D eigenvalue weighted by Gasteiger charge is -2.20. The zero-order valence-electron chi connectivity index (χ0n) is 12.5. The van der Waals surface area contributed by atoms with Crippen LogP contribution in [0.3, 0.4) is 0 Å². The number of non-ortho nitro benzene ring substituents is 1. The van der Waals surface area contributed by atoms with E-state index >= 15 is 0 Å². The molecule has 0 radical (unpaired) electrons. The van der Waals surface area contributed by atoms with Crippen LogP contribution in [-0.4, -0.2) is 16.9 Å². The van der Waals surface area contributed by atoms with Crippen molar-refractivity contribution in [3.8, 4) is 6.07 Å². The summed E-state index contributed by atoms with van der Waals surface area (Å²) in [6.07, 6.45) is 0. The van der Waals surface area contributed by atoms with Gasteiger partial charge in [0.2, 0.25) is 0 Å². The van der Waals surface area contributed by atoms with Gasteiger partial charge in [-0.15, -0.1) is 0 Å². The van der Waals surface area contributed by atoms with Crippen molar-refractivity contribution in [1.82, 2.24) is 0 Å². The molecule has 0 saturated heterocycles. The summed E-state index contributed by atoms with van der Waals surface area (Å²) < 4.78 is 0. The maximum absolute atomic E-state index is 11.2. The fraction of sp³-hybridized carbons (Fsp3) is 0.133. The fourth-order valence-electron chi connectivity index (χ4n) is 2.19. The molecule has 0 saturated carbocycles. The fourth-order valence-corrected chi connectivity index (χ4v) is 2.37. The summed E-state index contributed by atoms with van der Waals surface area (Å²) in [6.45, 7) is 0.107. The van der Waals surface area contributed by atoms with Gasteiger partial charge in [-0.05, 0) is 23.8 Å². The van der Waals surface area contributed by atoms with Gasteiger partial charge in [-0.25, -0.2) is 0 Å². The molecule has 0 aliphatic carbocycles. The lowest BCUT2D eigenvalue weighted by molar-refractivity contribution is -0.384. The van der Waals surface area contributed by atoms with Gasteiger partial charge in [-0.2, -0.15) is 5.26 Å². The number of hydrogen-bond acceptors (Lipinski definition) is 6. The average molecular weight is 347 g/mol. The normalized spacial score (nSPS) is 10.0. The second-order valence-electron chi connectivity index (χ2n) is 4.96. The first-order chi connectivity index (χ1) is 11.3. The minimum absolute atomic E-state index is 0.107. The molecular weight excluding hydrogens is 336 g/mol. The van der Waals surface area contributed by atoms with E-state index in [4.69, 9.17) is 16.9 Å². The largest absolute Gasteiger partial charge is 0.365 e. The molecule has 0 aliphatic rings. The summed E-state index contributed by atoms with van der Waals surface area (Å²) in [5.74, 6) is 0. The van der Waals surface area contributed by atoms with Gasteiger partial charge in [-0.3, -0.25) is 20.2 Å². The zero-order valence-corrected chi connectivity index (χ0v) is 13.2. The first-order valence-corrected chi connectivity index (χ1v) is 7.03. The van der Waals surface area contributed by atoms with E-state index in [0.29, 0.717) is 10.6 Å². The monoisotopic (exact) mass is 346 g/mol. The van der Waals surface area contributed by atoms with E-state index in [2.05, 4.69) is 0 Å². The molecule has 2 aromatic carbocycles. The molecular formula is C15H11ClN4O4. The summed E-state index contributed by atoms with van der Waals surface area (Å²) in [7, 11) is 1.58. The molecule has 0 bridgehead atoms. The number of nitriles is 1. The van der Waals surface area contributed by atoms with Crippen LogP contribution in [0.25, 0.3) is 0 Å². The maximum atomic E-state index is 11.2. The molecule has 0 heterocycles. The average Bonchev–Trinajstić information content (AvgIpc) is 2.55. The van der Waals surface area contributed by atoms with Crippen molar-refractivity contribution in [3.63, 3.8) is 0 Å². The van der Waals surface area contributed by atoms with Crippen molar-refractivity contribution >= 4 is 28.7 Å². The quantitative estimate of drug-likeness (QED) is 0.602. The molecule has 0 amide bonds. The Bertz CT molecular complexity index is 863. The number of hydrogen-bond donors (Lipinski definition) is 0. The number of halogens is 1. The van der Waals surface area contributed by atoms with Crippen molar-refractivity contribution in [3.05, 3.63) is 72.8 Å². The van der Waals surface area contributed by atoms with E-state index < -0.39 is 9.85 Å². The standard InChI is InChI=1S/C15H11ClN4O4/c1-18(9-11-7-12(19(21)22)3-4-13(11)16)15-6-10(8-17)2-5-14(15)20(23)24/h2-7H,9H2,1H3. The van der Waals surface area contributed by atoms with Gasteiger partial charge in [-0.1, -0.05) is 11.6 Å². The summed E-state index contributed by atoms with van der Waals surface area (Å²) >= 11 is 6.06. The summed E-state index contributed by atoms with van der Waals surface area (Å²) in [4.78, 5) is 22.5. The van der Waals surface area contributed by atoms with E-state index in [1.807, 2.05) is 6.07 Å². The third-order valence-corrected chi connectivity index (χ3v) is 3.73. The first-order valence-electron chi connectivity index (χ1n) is 6.66. The Balaban J connectivity index is 2.42. The number of nitro benzene ring substituents is 2. The highest BCUT2D eigenvalue weighted by Gasteiger charge is 2.19. The molecule has 122 valence electrons. The van der Waals surface area contributed by atoms with Crippen molar-refractivity contribution in [2.45, 2.75) is 6.54 Å². The molecule has 9 heteroatoms. The first kappa shape index (κ1) is 17.2. The number of anilines is 1. The zero-order chi connectivity index (χ0) is 17.9. The van der Waals surface area contributed by atoms with Crippen LogP contribution in [0.15, 0.2) is 36.4 Å². The Kier molecular flexibility index (Phi) is 4.96. The molecule has 0 N–H and O–H groups in total. The molecule has 24 heavy (non-hydrogen) atoms. The highest BCUT2D eigenvalue weighted by Crippen LogP contribution is 2.31. The molecule has 0 unspecified atom stereocenters. The molecule has 2 rings (SSSR count). The van der Waals surface area contributed by atoms with Gasteiger partial charge in [0.25, 0.3) is 11.4 Å². The SMILES string of the molecule is CN(Cc1cc([N+](=O)[O-])ccc1Cl)c1cc(C#N)ccc1[N+](=O)[O-]. The lowest BCUT2D eigenvalue weighted by Crippen LogP contribution is -2.18. The number of nitro groups is 2. The third kappa shape index (κ3) is 3.59. The smallest absolute Gasteiger partial charge is 0.292 e. The summed E-state index contributed by atoms with van der Waals surface area (Å²) in [5.41, 5.74) is 0.653. The summed E-state index contributed by atoms with van der Waals surface area (Å²) in [5, 5.41) is 31.3. The molecule has 0 atom stereocenters. The topological polar surface area (TPSA) is 113 Å². The predicted octanol–water partition coefficient (Wildman–Crippen LogP) is 3.66. The Hall–Kier alpha value is -3.18. The van der Waals surface area contributed by atoms with E-state index in [0.717, 1.165) is 0 Å².